The number of ether oxygens (including phenoxy) is 2. The third kappa shape index (κ3) is 9.22. The van der Waals surface area contributed by atoms with Crippen molar-refractivity contribution in [2.45, 2.75) is 51.7 Å². The molecule has 12 nitrogen and oxygen atoms in total. The highest BCUT2D eigenvalue weighted by molar-refractivity contribution is 7.52. The fourth-order valence-corrected chi connectivity index (χ4v) is 5.93. The highest BCUT2D eigenvalue weighted by atomic mass is 31.2. The predicted octanol–water partition coefficient (Wildman–Crippen LogP) is 4.29. The van der Waals surface area contributed by atoms with Crippen molar-refractivity contribution in [2.75, 3.05) is 13.2 Å². The van der Waals surface area contributed by atoms with Crippen molar-refractivity contribution in [2.24, 2.45) is 0 Å². The fraction of sp³-hybridized carbons (Fsp3) is 0.323. The molecule has 0 fully saturated rings. The van der Waals surface area contributed by atoms with Gasteiger partial charge in [-0.3, -0.25) is 23.7 Å². The standard InChI is InChI=1S/C31H36N3O9P/c1-22(30(37)40-20-24-10-4-3-5-11-24)33-44(39,43-28-16-8-13-25-12-6-7-15-27(25)28)41-21-26(14-9-19-35)42-23(2)34-18-17-29(36)32-31(34)38/h3-8,10-13,15-18,22-23,26,35H,9,14,19-21H2,1-2H3,(H,33,39)(H,32,36,38)/t22-,23+,26-,44?/m0/s1. The van der Waals surface area contributed by atoms with E-state index < -0.39 is 43.3 Å². The average Bonchev–Trinajstić information content (AvgIpc) is 3.01. The molecule has 1 heterocycles. The van der Waals surface area contributed by atoms with Gasteiger partial charge in [0.2, 0.25) is 0 Å². The normalized spacial score (nSPS) is 14.8. The Labute approximate surface area is 254 Å². The lowest BCUT2D eigenvalue weighted by Crippen LogP contribution is -2.36. The Morgan fingerprint density at radius 3 is 2.48 bits per heavy atom. The van der Waals surface area contributed by atoms with Gasteiger partial charge in [-0.05, 0) is 43.7 Å². The van der Waals surface area contributed by atoms with Gasteiger partial charge in [-0.15, -0.1) is 0 Å². The van der Waals surface area contributed by atoms with Crippen molar-refractivity contribution < 1.29 is 33.0 Å². The van der Waals surface area contributed by atoms with Crippen LogP contribution in [0.1, 0.15) is 38.5 Å². The van der Waals surface area contributed by atoms with Crippen LogP contribution in [-0.2, 0) is 30.0 Å². The number of hydrogen-bond donors (Lipinski definition) is 3. The van der Waals surface area contributed by atoms with Gasteiger partial charge < -0.3 is 19.1 Å². The number of aliphatic hydroxyl groups is 1. The predicted molar refractivity (Wildman–Crippen MR) is 164 cm³/mol. The number of carbonyl (C=O) groups is 1. The highest BCUT2D eigenvalue weighted by Crippen LogP contribution is 2.47. The Hall–Kier alpha value is -4.06. The summed E-state index contributed by atoms with van der Waals surface area (Å²) in [4.78, 5) is 38.8. The van der Waals surface area contributed by atoms with Crippen LogP contribution in [0.15, 0.2) is 94.6 Å². The highest BCUT2D eigenvalue weighted by Gasteiger charge is 2.34. The van der Waals surface area contributed by atoms with E-state index in [1.54, 1.807) is 19.1 Å². The molecule has 234 valence electrons. The second kappa shape index (κ2) is 15.6. The maximum atomic E-state index is 14.3. The maximum absolute atomic E-state index is 14.3. The molecule has 44 heavy (non-hydrogen) atoms. The number of esters is 1. The van der Waals surface area contributed by atoms with Crippen LogP contribution in [0.25, 0.3) is 10.8 Å². The Morgan fingerprint density at radius 2 is 1.73 bits per heavy atom. The van der Waals surface area contributed by atoms with Crippen molar-refractivity contribution in [1.82, 2.24) is 14.6 Å². The van der Waals surface area contributed by atoms with E-state index >= 15 is 0 Å². The van der Waals surface area contributed by atoms with Crippen LogP contribution in [0.5, 0.6) is 5.75 Å². The summed E-state index contributed by atoms with van der Waals surface area (Å²) >= 11 is 0. The Balaban J connectivity index is 1.54. The number of aromatic amines is 1. The first-order valence-electron chi connectivity index (χ1n) is 14.2. The fourth-order valence-electron chi connectivity index (χ4n) is 4.39. The lowest BCUT2D eigenvalue weighted by atomic mass is 10.1. The van der Waals surface area contributed by atoms with Gasteiger partial charge in [-0.2, -0.15) is 5.09 Å². The first-order chi connectivity index (χ1) is 21.2. The van der Waals surface area contributed by atoms with E-state index in [4.69, 9.17) is 18.5 Å². The van der Waals surface area contributed by atoms with Crippen molar-refractivity contribution in [3.63, 3.8) is 0 Å². The Kier molecular flexibility index (Phi) is 11.6. The lowest BCUT2D eigenvalue weighted by molar-refractivity contribution is -0.146. The lowest BCUT2D eigenvalue weighted by Gasteiger charge is -2.27. The molecule has 4 rings (SSSR count). The smallest absolute Gasteiger partial charge is 0.459 e. The molecular weight excluding hydrogens is 589 g/mol. The van der Waals surface area contributed by atoms with Gasteiger partial charge in [0, 0.05) is 24.3 Å². The summed E-state index contributed by atoms with van der Waals surface area (Å²) in [6.07, 6.45) is 0.300. The molecule has 0 amide bonds. The first kappa shape index (κ1) is 32.8. The number of rotatable bonds is 16. The number of nitrogens with zero attached hydrogens (tertiary/aromatic N) is 1. The van der Waals surface area contributed by atoms with E-state index in [9.17, 15) is 24.1 Å². The summed E-state index contributed by atoms with van der Waals surface area (Å²) in [5, 5.41) is 13.7. The molecule has 0 bridgehead atoms. The zero-order chi connectivity index (χ0) is 31.5. The van der Waals surface area contributed by atoms with Gasteiger partial charge in [0.1, 0.15) is 24.6 Å². The molecule has 0 saturated heterocycles. The van der Waals surface area contributed by atoms with Gasteiger partial charge in [0.25, 0.3) is 5.56 Å². The zero-order valence-electron chi connectivity index (χ0n) is 24.5. The molecule has 0 aliphatic heterocycles. The molecule has 3 N–H and O–H groups in total. The number of nitrogens with one attached hydrogen (secondary N) is 2. The van der Waals surface area contributed by atoms with Gasteiger partial charge in [-0.25, -0.2) is 9.36 Å². The summed E-state index contributed by atoms with van der Waals surface area (Å²) in [5.41, 5.74) is -0.423. The molecular formula is C31H36N3O9P. The molecule has 1 unspecified atom stereocenters. The van der Waals surface area contributed by atoms with Gasteiger partial charge in [0.15, 0.2) is 0 Å². The van der Waals surface area contributed by atoms with Crippen molar-refractivity contribution in [3.05, 3.63) is 111 Å². The minimum absolute atomic E-state index is 0.0279. The molecule has 4 atom stereocenters. The van der Waals surface area contributed by atoms with Crippen LogP contribution in [0, 0.1) is 0 Å². The van der Waals surface area contributed by atoms with Crippen LogP contribution in [0.3, 0.4) is 0 Å². The number of hydrogen-bond acceptors (Lipinski definition) is 9. The van der Waals surface area contributed by atoms with Gasteiger partial charge in [-0.1, -0.05) is 66.7 Å². The number of aliphatic hydroxyl groups excluding tert-OH is 1. The Morgan fingerprint density at radius 1 is 1.00 bits per heavy atom. The average molecular weight is 626 g/mol. The van der Waals surface area contributed by atoms with E-state index in [1.165, 1.54) is 23.8 Å². The largest absolute Gasteiger partial charge is 0.460 e. The van der Waals surface area contributed by atoms with Crippen molar-refractivity contribution in [3.8, 4) is 5.75 Å². The van der Waals surface area contributed by atoms with Crippen LogP contribution < -0.4 is 20.9 Å². The second-order valence-electron chi connectivity index (χ2n) is 10.0. The Bertz CT molecular complexity index is 1690. The molecule has 0 aliphatic carbocycles. The van der Waals surface area contributed by atoms with E-state index in [2.05, 4.69) is 10.1 Å². The second-order valence-corrected chi connectivity index (χ2v) is 11.7. The quantitative estimate of drug-likeness (QED) is 0.121. The minimum atomic E-state index is -4.28. The molecule has 0 spiro atoms. The van der Waals surface area contributed by atoms with E-state index in [1.807, 2.05) is 60.7 Å². The first-order valence-corrected chi connectivity index (χ1v) is 15.7. The summed E-state index contributed by atoms with van der Waals surface area (Å²) < 4.78 is 38.8. The molecule has 0 aliphatic rings. The maximum Gasteiger partial charge on any atom is 0.459 e. The number of benzene rings is 3. The van der Waals surface area contributed by atoms with Crippen LogP contribution in [0.2, 0.25) is 0 Å². The van der Waals surface area contributed by atoms with Crippen molar-refractivity contribution >= 4 is 24.5 Å². The molecule has 1 aromatic heterocycles. The summed E-state index contributed by atoms with van der Waals surface area (Å²) in [6, 6.07) is 21.9. The molecule has 3 aromatic carbocycles. The minimum Gasteiger partial charge on any atom is -0.460 e. The van der Waals surface area contributed by atoms with Gasteiger partial charge >= 0.3 is 19.4 Å². The molecule has 4 aromatic rings. The van der Waals surface area contributed by atoms with Crippen LogP contribution in [0.4, 0.5) is 0 Å². The zero-order valence-corrected chi connectivity index (χ0v) is 25.4. The number of H-pyrrole nitrogens is 1. The molecule has 0 radical (unpaired) electrons. The van der Waals surface area contributed by atoms with E-state index in [-0.39, 0.29) is 32.0 Å². The number of fused-ring (bicyclic) bond motifs is 1. The third-order valence-corrected chi connectivity index (χ3v) is 8.27. The number of aromatic nitrogens is 2. The van der Waals surface area contributed by atoms with Crippen LogP contribution >= 0.6 is 7.75 Å². The topological polar surface area (TPSA) is 158 Å². The van der Waals surface area contributed by atoms with Gasteiger partial charge in [0.05, 0.1) is 12.7 Å². The number of carbonyl (C=O) groups excluding carboxylic acids is 1. The summed E-state index contributed by atoms with van der Waals surface area (Å²) in [5.74, 6) is -0.400. The summed E-state index contributed by atoms with van der Waals surface area (Å²) in [7, 11) is -4.28. The third-order valence-electron chi connectivity index (χ3n) is 6.64. The van der Waals surface area contributed by atoms with E-state index in [0.717, 1.165) is 10.9 Å². The molecule has 13 heteroatoms. The summed E-state index contributed by atoms with van der Waals surface area (Å²) in [6.45, 7) is 2.68. The van der Waals surface area contributed by atoms with E-state index in [0.29, 0.717) is 11.8 Å². The molecule has 0 saturated carbocycles. The van der Waals surface area contributed by atoms with Crippen molar-refractivity contribution in [1.29, 1.82) is 0 Å². The monoisotopic (exact) mass is 625 g/mol. The van der Waals surface area contributed by atoms with Crippen LogP contribution in [-0.4, -0.2) is 46.0 Å². The SMILES string of the molecule is C[C@H](NP(=O)(OC[C@H](CCCO)O[C@H](C)n1ccc(=O)[nH]c1=O)Oc1cccc2ccccc12)C(=O)OCc1ccccc1.